The molecular weight excluding hydrogens is 302 g/mol. The highest BCUT2D eigenvalue weighted by Crippen LogP contribution is 2.21. The third kappa shape index (κ3) is 4.13. The molecule has 1 aromatic heterocycles. The number of anilines is 1. The van der Waals surface area contributed by atoms with Crippen molar-refractivity contribution in [1.82, 2.24) is 15.5 Å². The Labute approximate surface area is 133 Å². The van der Waals surface area contributed by atoms with Crippen molar-refractivity contribution in [1.29, 1.82) is 0 Å². The third-order valence-corrected chi connectivity index (χ3v) is 3.65. The van der Waals surface area contributed by atoms with Crippen LogP contribution in [0.4, 0.5) is 14.5 Å². The number of aromatic amines is 1. The number of amides is 1. The molecule has 0 aliphatic rings. The van der Waals surface area contributed by atoms with Gasteiger partial charge in [-0.1, -0.05) is 13.0 Å². The Balaban J connectivity index is 1.99. The largest absolute Gasteiger partial charge is 0.322 e. The molecule has 0 bridgehead atoms. The summed E-state index contributed by atoms with van der Waals surface area (Å²) in [5, 5.41) is 12.5. The van der Waals surface area contributed by atoms with E-state index in [1.165, 1.54) is 12.1 Å². The fourth-order valence-corrected chi connectivity index (χ4v) is 2.39. The summed E-state index contributed by atoms with van der Waals surface area (Å²) in [6.07, 6.45) is 0.569. The molecule has 1 heterocycles. The number of aryl methyl sites for hydroxylation is 2. The lowest BCUT2D eigenvalue weighted by Crippen LogP contribution is -2.31. The number of carbonyl (C=O) groups is 1. The highest BCUT2D eigenvalue weighted by molar-refractivity contribution is 5.93. The summed E-state index contributed by atoms with van der Waals surface area (Å²) in [5.41, 5.74) is 2.47. The van der Waals surface area contributed by atoms with Crippen LogP contribution in [-0.4, -0.2) is 22.6 Å². The minimum absolute atomic E-state index is 0.0133. The summed E-state index contributed by atoms with van der Waals surface area (Å²) in [7, 11) is 0. The van der Waals surface area contributed by atoms with Gasteiger partial charge in [0.05, 0.1) is 23.6 Å². The monoisotopic (exact) mass is 322 g/mol. The molecule has 23 heavy (non-hydrogen) atoms. The lowest BCUT2D eigenvalue weighted by Gasteiger charge is -2.18. The molecule has 0 aliphatic heterocycles. The Kier molecular flexibility index (Phi) is 5.44. The van der Waals surface area contributed by atoms with Crippen molar-refractivity contribution < 1.29 is 13.6 Å². The summed E-state index contributed by atoms with van der Waals surface area (Å²) in [6, 6.07) is 3.08. The second kappa shape index (κ2) is 7.32. The Morgan fingerprint density at radius 2 is 2.09 bits per heavy atom. The topological polar surface area (TPSA) is 69.8 Å². The number of hydrogen-bond donors (Lipinski definition) is 3. The summed E-state index contributed by atoms with van der Waals surface area (Å²) in [5.74, 6) is -1.49. The molecule has 3 N–H and O–H groups in total. The van der Waals surface area contributed by atoms with Crippen molar-refractivity contribution in [3.05, 3.63) is 46.8 Å². The zero-order valence-electron chi connectivity index (χ0n) is 13.3. The molecule has 0 fully saturated rings. The van der Waals surface area contributed by atoms with Crippen LogP contribution in [0.15, 0.2) is 18.2 Å². The van der Waals surface area contributed by atoms with Crippen molar-refractivity contribution in [2.75, 3.05) is 11.9 Å². The highest BCUT2D eigenvalue weighted by Gasteiger charge is 2.16. The zero-order chi connectivity index (χ0) is 17.0. The van der Waals surface area contributed by atoms with Crippen molar-refractivity contribution >= 4 is 11.6 Å². The molecule has 1 unspecified atom stereocenters. The number of carbonyl (C=O) groups excluding carboxylic acids is 1. The van der Waals surface area contributed by atoms with Gasteiger partial charge in [0.1, 0.15) is 11.6 Å². The maximum absolute atomic E-state index is 13.8. The SMILES string of the molecule is CCC(NCC(=O)Nc1c(C)n[nH]c1C)c1ccc(F)cc1F. The van der Waals surface area contributed by atoms with Gasteiger partial charge in [-0.15, -0.1) is 0 Å². The number of hydrogen-bond acceptors (Lipinski definition) is 3. The van der Waals surface area contributed by atoms with E-state index in [0.29, 0.717) is 23.4 Å². The standard InChI is InChI=1S/C16H20F2N4O/c1-4-14(12-6-5-11(17)7-13(12)18)19-8-15(23)20-16-9(2)21-22-10(16)3/h5-7,14,19H,4,8H2,1-3H3,(H,20,23)(H,21,22). The van der Waals surface area contributed by atoms with E-state index in [1.54, 1.807) is 6.92 Å². The maximum Gasteiger partial charge on any atom is 0.238 e. The van der Waals surface area contributed by atoms with Crippen LogP contribution in [0.3, 0.4) is 0 Å². The number of benzene rings is 1. The van der Waals surface area contributed by atoms with Gasteiger partial charge in [-0.05, 0) is 26.3 Å². The van der Waals surface area contributed by atoms with Crippen LogP contribution in [0, 0.1) is 25.5 Å². The second-order valence-electron chi connectivity index (χ2n) is 5.36. The number of aromatic nitrogens is 2. The lowest BCUT2D eigenvalue weighted by molar-refractivity contribution is -0.115. The molecule has 2 aromatic rings. The first kappa shape index (κ1) is 17.1. The van der Waals surface area contributed by atoms with Crippen LogP contribution in [-0.2, 0) is 4.79 Å². The average molecular weight is 322 g/mol. The van der Waals surface area contributed by atoms with E-state index in [9.17, 15) is 13.6 Å². The van der Waals surface area contributed by atoms with Gasteiger partial charge in [0.2, 0.25) is 5.91 Å². The van der Waals surface area contributed by atoms with Gasteiger partial charge in [-0.2, -0.15) is 5.10 Å². The van der Waals surface area contributed by atoms with Gasteiger partial charge in [0, 0.05) is 17.7 Å². The van der Waals surface area contributed by atoms with Crippen molar-refractivity contribution in [3.8, 4) is 0 Å². The van der Waals surface area contributed by atoms with Gasteiger partial charge in [0.15, 0.2) is 0 Å². The molecule has 124 valence electrons. The van der Waals surface area contributed by atoms with Gasteiger partial charge >= 0.3 is 0 Å². The molecular formula is C16H20F2N4O. The van der Waals surface area contributed by atoms with E-state index in [2.05, 4.69) is 20.8 Å². The van der Waals surface area contributed by atoms with Crippen LogP contribution in [0.25, 0.3) is 0 Å². The van der Waals surface area contributed by atoms with E-state index in [0.717, 1.165) is 11.8 Å². The molecule has 1 aromatic carbocycles. The molecule has 5 nitrogen and oxygen atoms in total. The first-order chi connectivity index (χ1) is 10.9. The average Bonchev–Trinajstić information content (AvgIpc) is 2.81. The number of halogens is 2. The summed E-state index contributed by atoms with van der Waals surface area (Å²) in [4.78, 5) is 12.0. The highest BCUT2D eigenvalue weighted by atomic mass is 19.1. The van der Waals surface area contributed by atoms with Crippen LogP contribution >= 0.6 is 0 Å². The van der Waals surface area contributed by atoms with Crippen LogP contribution in [0.5, 0.6) is 0 Å². The summed E-state index contributed by atoms with van der Waals surface area (Å²) in [6.45, 7) is 5.48. The minimum atomic E-state index is -0.621. The number of nitrogens with one attached hydrogen (secondary N) is 3. The lowest BCUT2D eigenvalue weighted by atomic mass is 10.0. The van der Waals surface area contributed by atoms with Gasteiger partial charge in [0.25, 0.3) is 0 Å². The van der Waals surface area contributed by atoms with Crippen LogP contribution in [0.2, 0.25) is 0 Å². The maximum atomic E-state index is 13.8. The smallest absolute Gasteiger partial charge is 0.238 e. The van der Waals surface area contributed by atoms with E-state index in [-0.39, 0.29) is 18.5 Å². The van der Waals surface area contributed by atoms with E-state index in [1.807, 2.05) is 13.8 Å². The number of H-pyrrole nitrogens is 1. The number of nitrogens with zero attached hydrogens (tertiary/aromatic N) is 1. The van der Waals surface area contributed by atoms with Gasteiger partial charge in [-0.3, -0.25) is 9.89 Å². The molecule has 2 rings (SSSR count). The van der Waals surface area contributed by atoms with Crippen molar-refractivity contribution in [3.63, 3.8) is 0 Å². The predicted octanol–water partition coefficient (Wildman–Crippen LogP) is 2.98. The first-order valence-electron chi connectivity index (χ1n) is 7.42. The van der Waals surface area contributed by atoms with Crippen LogP contribution in [0.1, 0.15) is 36.3 Å². The molecule has 0 aliphatic carbocycles. The third-order valence-electron chi connectivity index (χ3n) is 3.65. The first-order valence-corrected chi connectivity index (χ1v) is 7.42. The molecule has 1 amide bonds. The Morgan fingerprint density at radius 1 is 1.35 bits per heavy atom. The number of rotatable bonds is 6. The summed E-state index contributed by atoms with van der Waals surface area (Å²) >= 11 is 0. The second-order valence-corrected chi connectivity index (χ2v) is 5.36. The van der Waals surface area contributed by atoms with Crippen molar-refractivity contribution in [2.24, 2.45) is 0 Å². The molecule has 0 saturated heterocycles. The molecule has 0 radical (unpaired) electrons. The normalized spacial score (nSPS) is 12.2. The van der Waals surface area contributed by atoms with Gasteiger partial charge < -0.3 is 10.6 Å². The minimum Gasteiger partial charge on any atom is -0.322 e. The Bertz CT molecular complexity index is 680. The quantitative estimate of drug-likeness (QED) is 0.766. The van der Waals surface area contributed by atoms with Crippen molar-refractivity contribution in [2.45, 2.75) is 33.2 Å². The predicted molar refractivity (Wildman–Crippen MR) is 84.1 cm³/mol. The fourth-order valence-electron chi connectivity index (χ4n) is 2.39. The zero-order valence-corrected chi connectivity index (χ0v) is 13.3. The summed E-state index contributed by atoms with van der Waals surface area (Å²) < 4.78 is 26.8. The van der Waals surface area contributed by atoms with E-state index >= 15 is 0 Å². The molecule has 0 saturated carbocycles. The van der Waals surface area contributed by atoms with E-state index in [4.69, 9.17) is 0 Å². The van der Waals surface area contributed by atoms with Gasteiger partial charge in [-0.25, -0.2) is 8.78 Å². The Morgan fingerprint density at radius 3 is 2.65 bits per heavy atom. The molecule has 0 spiro atoms. The fraction of sp³-hybridized carbons (Fsp3) is 0.375. The van der Waals surface area contributed by atoms with E-state index < -0.39 is 11.6 Å². The van der Waals surface area contributed by atoms with Crippen LogP contribution < -0.4 is 10.6 Å². The molecule has 7 heteroatoms. The molecule has 1 atom stereocenters. The Hall–Kier alpha value is -2.28.